The Morgan fingerprint density at radius 1 is 1.62 bits per heavy atom. The summed E-state index contributed by atoms with van der Waals surface area (Å²) in [5.74, 6) is -0.0983. The van der Waals surface area contributed by atoms with Gasteiger partial charge in [-0.05, 0) is 6.07 Å². The zero-order valence-electron chi connectivity index (χ0n) is 8.68. The third-order valence-corrected chi connectivity index (χ3v) is 2.12. The summed E-state index contributed by atoms with van der Waals surface area (Å²) in [5, 5.41) is 23.7. The van der Waals surface area contributed by atoms with Gasteiger partial charge in [-0.3, -0.25) is 0 Å². The van der Waals surface area contributed by atoms with Gasteiger partial charge in [-0.2, -0.15) is 5.10 Å². The fraction of sp³-hybridized carbons (Fsp3) is 0.100. The Hall–Kier alpha value is -2.37. The smallest absolute Gasteiger partial charge is 0.238 e. The minimum atomic E-state index is -0.0983. The van der Waals surface area contributed by atoms with Gasteiger partial charge < -0.3 is 15.8 Å². The average molecular weight is 217 g/mol. The minimum Gasteiger partial charge on any atom is -0.492 e. The summed E-state index contributed by atoms with van der Waals surface area (Å²) in [6.07, 6.45) is 6.02. The predicted octanol–water partition coefficient (Wildman–Crippen LogP) is 0.645. The van der Waals surface area contributed by atoms with E-state index in [2.05, 4.69) is 15.4 Å². The monoisotopic (exact) mass is 217 g/mol. The number of rotatable bonds is 3. The van der Waals surface area contributed by atoms with Crippen LogP contribution in [0.5, 0.6) is 5.88 Å². The van der Waals surface area contributed by atoms with Gasteiger partial charge in [-0.25, -0.2) is 9.50 Å². The molecular weight excluding hydrogens is 206 g/mol. The number of allylic oxidation sites excluding steroid dienone is 1. The number of aromatic hydroxyl groups is 1. The van der Waals surface area contributed by atoms with E-state index in [-0.39, 0.29) is 5.88 Å². The van der Waals surface area contributed by atoms with E-state index >= 15 is 0 Å². The summed E-state index contributed by atoms with van der Waals surface area (Å²) in [7, 11) is 1.73. The second-order valence-corrected chi connectivity index (χ2v) is 3.14. The van der Waals surface area contributed by atoms with Crippen molar-refractivity contribution in [1.29, 1.82) is 5.41 Å². The Bertz CT molecular complexity index is 557. The number of fused-ring (bicyclic) bond motifs is 1. The van der Waals surface area contributed by atoms with Gasteiger partial charge in [0, 0.05) is 25.0 Å². The van der Waals surface area contributed by atoms with Gasteiger partial charge in [0.1, 0.15) is 5.52 Å². The maximum atomic E-state index is 9.66. The SMILES string of the molecule is CN/C=C(\C=N)c1cn2nccc2c(O)n1. The van der Waals surface area contributed by atoms with Crippen LogP contribution in [-0.2, 0) is 0 Å². The van der Waals surface area contributed by atoms with Gasteiger partial charge >= 0.3 is 0 Å². The quantitative estimate of drug-likeness (QED) is 0.659. The first-order valence-corrected chi connectivity index (χ1v) is 4.68. The van der Waals surface area contributed by atoms with E-state index in [1.165, 1.54) is 4.52 Å². The highest BCUT2D eigenvalue weighted by molar-refractivity contribution is 6.07. The van der Waals surface area contributed by atoms with Crippen molar-refractivity contribution in [2.24, 2.45) is 0 Å². The fourth-order valence-electron chi connectivity index (χ4n) is 1.39. The zero-order chi connectivity index (χ0) is 11.5. The number of hydrogen-bond donors (Lipinski definition) is 3. The van der Waals surface area contributed by atoms with Crippen molar-refractivity contribution in [3.05, 3.63) is 30.4 Å². The molecule has 0 amide bonds. The van der Waals surface area contributed by atoms with E-state index in [9.17, 15) is 5.11 Å². The molecular formula is C10H11N5O. The second kappa shape index (κ2) is 4.01. The summed E-state index contributed by atoms with van der Waals surface area (Å²) in [6.45, 7) is 0. The molecule has 0 aliphatic rings. The Kier molecular flexibility index (Phi) is 2.55. The Morgan fingerprint density at radius 2 is 2.44 bits per heavy atom. The normalized spacial score (nSPS) is 11.7. The number of aromatic nitrogens is 3. The van der Waals surface area contributed by atoms with Crippen molar-refractivity contribution in [1.82, 2.24) is 19.9 Å². The van der Waals surface area contributed by atoms with Crippen molar-refractivity contribution in [2.45, 2.75) is 0 Å². The van der Waals surface area contributed by atoms with E-state index in [1.807, 2.05) is 0 Å². The third kappa shape index (κ3) is 1.60. The highest BCUT2D eigenvalue weighted by Crippen LogP contribution is 2.18. The van der Waals surface area contributed by atoms with Crippen LogP contribution >= 0.6 is 0 Å². The van der Waals surface area contributed by atoms with Gasteiger partial charge in [0.15, 0.2) is 0 Å². The number of hydrogen-bond acceptors (Lipinski definition) is 5. The molecule has 0 aliphatic heterocycles. The molecule has 3 N–H and O–H groups in total. The topological polar surface area (TPSA) is 86.3 Å². The molecule has 82 valence electrons. The minimum absolute atomic E-state index is 0.0983. The first-order valence-electron chi connectivity index (χ1n) is 4.68. The second-order valence-electron chi connectivity index (χ2n) is 3.14. The van der Waals surface area contributed by atoms with Gasteiger partial charge in [-0.15, -0.1) is 0 Å². The Morgan fingerprint density at radius 3 is 3.12 bits per heavy atom. The van der Waals surface area contributed by atoms with Crippen molar-refractivity contribution >= 4 is 17.3 Å². The highest BCUT2D eigenvalue weighted by atomic mass is 16.3. The van der Waals surface area contributed by atoms with Crippen LogP contribution < -0.4 is 5.32 Å². The predicted molar refractivity (Wildman–Crippen MR) is 60.5 cm³/mol. The summed E-state index contributed by atoms with van der Waals surface area (Å²) in [5.41, 5.74) is 1.59. The molecule has 0 bridgehead atoms. The largest absolute Gasteiger partial charge is 0.492 e. The zero-order valence-corrected chi connectivity index (χ0v) is 8.68. The van der Waals surface area contributed by atoms with Crippen molar-refractivity contribution in [3.8, 4) is 5.88 Å². The molecule has 6 nitrogen and oxygen atoms in total. The molecule has 6 heteroatoms. The van der Waals surface area contributed by atoms with Gasteiger partial charge in [0.05, 0.1) is 18.1 Å². The third-order valence-electron chi connectivity index (χ3n) is 2.12. The maximum Gasteiger partial charge on any atom is 0.238 e. The molecule has 0 atom stereocenters. The van der Waals surface area contributed by atoms with Crippen LogP contribution in [0.25, 0.3) is 11.1 Å². The molecule has 2 aromatic heterocycles. The number of nitrogens with one attached hydrogen (secondary N) is 2. The summed E-state index contributed by atoms with van der Waals surface area (Å²) >= 11 is 0. The molecule has 0 spiro atoms. The van der Waals surface area contributed by atoms with E-state index in [4.69, 9.17) is 5.41 Å². The van der Waals surface area contributed by atoms with Crippen molar-refractivity contribution < 1.29 is 5.11 Å². The summed E-state index contributed by atoms with van der Waals surface area (Å²) in [4.78, 5) is 4.00. The lowest BCUT2D eigenvalue weighted by atomic mass is 10.2. The van der Waals surface area contributed by atoms with Gasteiger partial charge in [0.2, 0.25) is 5.88 Å². The lowest BCUT2D eigenvalue weighted by Crippen LogP contribution is -2.01. The lowest BCUT2D eigenvalue weighted by Gasteiger charge is -2.03. The molecule has 0 saturated heterocycles. The van der Waals surface area contributed by atoms with Gasteiger partial charge in [-0.1, -0.05) is 0 Å². The average Bonchev–Trinajstić information content (AvgIpc) is 2.74. The molecule has 0 fully saturated rings. The van der Waals surface area contributed by atoms with Crippen LogP contribution in [0.15, 0.2) is 24.7 Å². The Balaban J connectivity index is 2.60. The number of nitrogens with zero attached hydrogens (tertiary/aromatic N) is 3. The van der Waals surface area contributed by atoms with Crippen LogP contribution in [0.3, 0.4) is 0 Å². The first-order chi connectivity index (χ1) is 7.76. The van der Waals surface area contributed by atoms with Crippen LogP contribution in [0.2, 0.25) is 0 Å². The van der Waals surface area contributed by atoms with Gasteiger partial charge in [0.25, 0.3) is 0 Å². The van der Waals surface area contributed by atoms with E-state index in [1.54, 1.807) is 31.7 Å². The van der Waals surface area contributed by atoms with Crippen LogP contribution in [0, 0.1) is 5.41 Å². The maximum absolute atomic E-state index is 9.66. The molecule has 16 heavy (non-hydrogen) atoms. The lowest BCUT2D eigenvalue weighted by molar-refractivity contribution is 0.456. The van der Waals surface area contributed by atoms with E-state index in [0.29, 0.717) is 16.8 Å². The molecule has 2 rings (SSSR count). The van der Waals surface area contributed by atoms with Crippen LogP contribution in [0.4, 0.5) is 0 Å². The van der Waals surface area contributed by atoms with E-state index in [0.717, 1.165) is 6.21 Å². The Labute approximate surface area is 91.8 Å². The van der Waals surface area contributed by atoms with Crippen LogP contribution in [-0.4, -0.2) is 33.0 Å². The molecule has 0 aromatic carbocycles. The standard InChI is InChI=1S/C10H11N5O/c1-12-5-7(4-11)8-6-15-9(2-3-13-15)10(16)14-8/h2-6,11-12H,1H3,(H,14,16)/b7-5+,11-4?. The summed E-state index contributed by atoms with van der Waals surface area (Å²) in [6, 6.07) is 1.66. The molecule has 0 radical (unpaired) electrons. The van der Waals surface area contributed by atoms with E-state index < -0.39 is 0 Å². The molecule has 0 aliphatic carbocycles. The van der Waals surface area contributed by atoms with Crippen molar-refractivity contribution in [3.63, 3.8) is 0 Å². The highest BCUT2D eigenvalue weighted by Gasteiger charge is 2.07. The van der Waals surface area contributed by atoms with Crippen LogP contribution in [0.1, 0.15) is 5.69 Å². The molecule has 0 unspecified atom stereocenters. The molecule has 0 saturated carbocycles. The summed E-state index contributed by atoms with van der Waals surface area (Å²) < 4.78 is 1.52. The first kappa shape index (κ1) is 10.2. The molecule has 2 heterocycles. The van der Waals surface area contributed by atoms with Crippen molar-refractivity contribution in [2.75, 3.05) is 7.05 Å². The fourth-order valence-corrected chi connectivity index (χ4v) is 1.39. The molecule has 2 aromatic rings.